The van der Waals surface area contributed by atoms with Crippen molar-refractivity contribution >= 4 is 5.91 Å². The lowest BCUT2D eigenvalue weighted by Crippen LogP contribution is -2.40. The first-order chi connectivity index (χ1) is 15.6. The minimum Gasteiger partial charge on any atom is -0.496 e. The predicted octanol–water partition coefficient (Wildman–Crippen LogP) is 4.27. The molecule has 6 nitrogen and oxygen atoms in total. The van der Waals surface area contributed by atoms with Crippen LogP contribution in [0, 0.1) is 6.92 Å². The van der Waals surface area contributed by atoms with Crippen LogP contribution < -0.4 is 10.1 Å². The molecule has 1 saturated heterocycles. The van der Waals surface area contributed by atoms with E-state index in [0.717, 1.165) is 49.5 Å². The van der Waals surface area contributed by atoms with Crippen molar-refractivity contribution in [3.63, 3.8) is 0 Å². The second-order valence-corrected chi connectivity index (χ2v) is 9.00. The molecule has 2 aliphatic rings. The van der Waals surface area contributed by atoms with Gasteiger partial charge in [-0.2, -0.15) is 0 Å². The van der Waals surface area contributed by atoms with Crippen LogP contribution in [0.4, 0.5) is 0 Å². The average Bonchev–Trinajstić information content (AvgIpc) is 3.40. The lowest BCUT2D eigenvalue weighted by Gasteiger charge is -2.22. The number of likely N-dealkylation sites (tertiary alicyclic amines) is 1. The van der Waals surface area contributed by atoms with Crippen LogP contribution in [0.1, 0.15) is 57.6 Å². The van der Waals surface area contributed by atoms with Crippen LogP contribution in [0.2, 0.25) is 0 Å². The van der Waals surface area contributed by atoms with Crippen molar-refractivity contribution in [2.75, 3.05) is 20.2 Å². The maximum Gasteiger partial charge on any atom is 0.273 e. The molecule has 6 heteroatoms. The molecule has 3 aromatic rings. The first kappa shape index (κ1) is 20.8. The summed E-state index contributed by atoms with van der Waals surface area (Å²) in [4.78, 5) is 15.4. The van der Waals surface area contributed by atoms with Gasteiger partial charge in [0.25, 0.3) is 5.91 Å². The van der Waals surface area contributed by atoms with E-state index in [1.54, 1.807) is 13.2 Å². The second kappa shape index (κ2) is 8.79. The summed E-state index contributed by atoms with van der Waals surface area (Å²) in [6.45, 7) is 4.52. The molecule has 2 fully saturated rings. The molecule has 1 aromatic heterocycles. The van der Waals surface area contributed by atoms with Crippen LogP contribution in [-0.4, -0.2) is 42.2 Å². The SMILES string of the molecule is COc1ccc(C)cc1[C@H]1CN(Cc2ccccc2)C[C@@H]1NC(=O)c1cc(C2CC2)on1. The second-order valence-electron chi connectivity index (χ2n) is 9.00. The molecular weight excluding hydrogens is 402 g/mol. The molecule has 1 saturated carbocycles. The minimum absolute atomic E-state index is 0.0528. The highest BCUT2D eigenvalue weighted by Crippen LogP contribution is 2.40. The van der Waals surface area contributed by atoms with Crippen molar-refractivity contribution in [2.24, 2.45) is 0 Å². The van der Waals surface area contributed by atoms with Gasteiger partial charge in [-0.1, -0.05) is 53.2 Å². The van der Waals surface area contributed by atoms with E-state index in [9.17, 15) is 4.79 Å². The molecule has 2 heterocycles. The van der Waals surface area contributed by atoms with E-state index in [4.69, 9.17) is 9.26 Å². The summed E-state index contributed by atoms with van der Waals surface area (Å²) in [6.07, 6.45) is 2.23. The molecule has 1 aliphatic carbocycles. The highest BCUT2D eigenvalue weighted by molar-refractivity contribution is 5.92. The first-order valence-electron chi connectivity index (χ1n) is 11.3. The van der Waals surface area contributed by atoms with Gasteiger partial charge in [0.05, 0.1) is 13.2 Å². The Balaban J connectivity index is 1.39. The average molecular weight is 432 g/mol. The van der Waals surface area contributed by atoms with Gasteiger partial charge < -0.3 is 14.6 Å². The molecule has 0 radical (unpaired) electrons. The van der Waals surface area contributed by atoms with Gasteiger partial charge in [-0.25, -0.2) is 0 Å². The Morgan fingerprint density at radius 2 is 1.97 bits per heavy atom. The van der Waals surface area contributed by atoms with Gasteiger partial charge in [-0.15, -0.1) is 0 Å². The van der Waals surface area contributed by atoms with Gasteiger partial charge in [-0.05, 0) is 31.4 Å². The number of carbonyl (C=O) groups excluding carboxylic acids is 1. The molecule has 0 bridgehead atoms. The maximum absolute atomic E-state index is 13.0. The Morgan fingerprint density at radius 1 is 1.16 bits per heavy atom. The summed E-state index contributed by atoms with van der Waals surface area (Å²) in [5.74, 6) is 2.06. The van der Waals surface area contributed by atoms with E-state index in [1.807, 2.05) is 12.1 Å². The fourth-order valence-electron chi connectivity index (χ4n) is 4.66. The summed E-state index contributed by atoms with van der Waals surface area (Å²) < 4.78 is 11.1. The van der Waals surface area contributed by atoms with E-state index < -0.39 is 0 Å². The topological polar surface area (TPSA) is 67.6 Å². The molecule has 32 heavy (non-hydrogen) atoms. The highest BCUT2D eigenvalue weighted by Gasteiger charge is 2.37. The van der Waals surface area contributed by atoms with Gasteiger partial charge in [-0.3, -0.25) is 9.69 Å². The first-order valence-corrected chi connectivity index (χ1v) is 11.3. The molecule has 0 spiro atoms. The quantitative estimate of drug-likeness (QED) is 0.605. The largest absolute Gasteiger partial charge is 0.496 e. The lowest BCUT2D eigenvalue weighted by molar-refractivity contribution is 0.0925. The molecule has 0 unspecified atom stereocenters. The van der Waals surface area contributed by atoms with Crippen molar-refractivity contribution < 1.29 is 14.1 Å². The van der Waals surface area contributed by atoms with E-state index >= 15 is 0 Å². The molecule has 2 atom stereocenters. The van der Waals surface area contributed by atoms with Gasteiger partial charge in [0.1, 0.15) is 11.5 Å². The number of ether oxygens (including phenoxy) is 1. The zero-order valence-corrected chi connectivity index (χ0v) is 18.6. The number of methoxy groups -OCH3 is 1. The number of hydrogen-bond donors (Lipinski definition) is 1. The number of nitrogens with one attached hydrogen (secondary N) is 1. The number of benzene rings is 2. The van der Waals surface area contributed by atoms with E-state index in [0.29, 0.717) is 11.6 Å². The third kappa shape index (κ3) is 4.41. The van der Waals surface area contributed by atoms with Crippen LogP contribution in [0.3, 0.4) is 0 Å². The Morgan fingerprint density at radius 3 is 2.72 bits per heavy atom. The molecule has 2 aromatic carbocycles. The van der Waals surface area contributed by atoms with Gasteiger partial charge in [0.2, 0.25) is 0 Å². The summed E-state index contributed by atoms with van der Waals surface area (Å²) in [7, 11) is 1.70. The molecule has 5 rings (SSSR count). The molecule has 1 amide bonds. The fourth-order valence-corrected chi connectivity index (χ4v) is 4.66. The fraction of sp³-hybridized carbons (Fsp3) is 0.385. The zero-order chi connectivity index (χ0) is 22.1. The van der Waals surface area contributed by atoms with Crippen LogP contribution in [0.15, 0.2) is 59.1 Å². The number of hydrogen-bond acceptors (Lipinski definition) is 5. The number of aromatic nitrogens is 1. The van der Waals surface area contributed by atoms with Crippen LogP contribution >= 0.6 is 0 Å². The number of aryl methyl sites for hydroxylation is 1. The number of amides is 1. The summed E-state index contributed by atoms with van der Waals surface area (Å²) >= 11 is 0. The third-order valence-corrected chi connectivity index (χ3v) is 6.49. The van der Waals surface area contributed by atoms with Gasteiger partial charge in [0, 0.05) is 43.1 Å². The normalized spacial score (nSPS) is 20.9. The molecular formula is C26H29N3O3. The molecule has 1 aliphatic heterocycles. The minimum atomic E-state index is -0.177. The number of rotatable bonds is 7. The Labute approximate surface area is 188 Å². The zero-order valence-electron chi connectivity index (χ0n) is 18.6. The molecule has 1 N–H and O–H groups in total. The number of nitrogens with zero attached hydrogens (tertiary/aromatic N) is 2. The van der Waals surface area contributed by atoms with E-state index in [1.165, 1.54) is 11.1 Å². The highest BCUT2D eigenvalue weighted by atomic mass is 16.5. The van der Waals surface area contributed by atoms with Crippen molar-refractivity contribution in [3.05, 3.63) is 82.7 Å². The van der Waals surface area contributed by atoms with Gasteiger partial charge in [0.15, 0.2) is 5.69 Å². The van der Waals surface area contributed by atoms with Crippen LogP contribution in [0.5, 0.6) is 5.75 Å². The molecule has 166 valence electrons. The Hall–Kier alpha value is -3.12. The lowest BCUT2D eigenvalue weighted by atomic mass is 9.92. The summed E-state index contributed by atoms with van der Waals surface area (Å²) in [5.41, 5.74) is 3.94. The van der Waals surface area contributed by atoms with Gasteiger partial charge >= 0.3 is 0 Å². The van der Waals surface area contributed by atoms with E-state index in [-0.39, 0.29) is 17.9 Å². The monoisotopic (exact) mass is 431 g/mol. The number of carbonyl (C=O) groups is 1. The third-order valence-electron chi connectivity index (χ3n) is 6.49. The Bertz CT molecular complexity index is 1090. The Kier molecular flexibility index (Phi) is 5.70. The van der Waals surface area contributed by atoms with Crippen molar-refractivity contribution in [1.82, 2.24) is 15.4 Å². The maximum atomic E-state index is 13.0. The van der Waals surface area contributed by atoms with Crippen molar-refractivity contribution in [1.29, 1.82) is 0 Å². The van der Waals surface area contributed by atoms with Crippen molar-refractivity contribution in [2.45, 2.75) is 44.2 Å². The predicted molar refractivity (Wildman–Crippen MR) is 122 cm³/mol. The van der Waals surface area contributed by atoms with Crippen LogP contribution in [0.25, 0.3) is 0 Å². The standard InChI is InChI=1S/C26H29N3O3/c1-17-8-11-24(31-2)20(12-17)21-15-29(14-18-6-4-3-5-7-18)16-23(21)27-26(30)22-13-25(32-28-22)19-9-10-19/h3-8,11-13,19,21,23H,9-10,14-16H2,1-2H3,(H,27,30)/t21-,23+/m1/s1. The summed E-state index contributed by atoms with van der Waals surface area (Å²) in [5, 5.41) is 7.27. The summed E-state index contributed by atoms with van der Waals surface area (Å²) in [6, 6.07) is 18.4. The van der Waals surface area contributed by atoms with Crippen molar-refractivity contribution in [3.8, 4) is 5.75 Å². The van der Waals surface area contributed by atoms with E-state index in [2.05, 4.69) is 58.7 Å². The smallest absolute Gasteiger partial charge is 0.273 e. The van der Waals surface area contributed by atoms with Crippen LogP contribution in [-0.2, 0) is 6.54 Å².